The molecule has 1 aliphatic heterocycles. The molecule has 1 saturated heterocycles. The summed E-state index contributed by atoms with van der Waals surface area (Å²) in [5.41, 5.74) is 0.492. The Morgan fingerprint density at radius 1 is 1.35 bits per heavy atom. The first kappa shape index (κ1) is 15.3. The molecule has 2 heterocycles. The van der Waals surface area contributed by atoms with Crippen LogP contribution in [0, 0.1) is 0 Å². The number of thiocarbonyl (C=S) groups is 1. The standard InChI is InChI=1S/C15H25N3OS/c1-14(2)8-11(9-15(3,4)18-14)17-13(20)16-10-12-6-5-7-19-12/h5-7,11,18H,8-10H2,1-4H3,(H2,16,17,20)/p+1. The molecule has 5 heteroatoms. The van der Waals surface area contributed by atoms with Gasteiger partial charge in [-0.15, -0.1) is 0 Å². The van der Waals surface area contributed by atoms with Crippen molar-refractivity contribution in [3.63, 3.8) is 0 Å². The van der Waals surface area contributed by atoms with Gasteiger partial charge in [0.15, 0.2) is 5.11 Å². The fraction of sp³-hybridized carbons (Fsp3) is 0.667. The van der Waals surface area contributed by atoms with E-state index in [2.05, 4.69) is 43.6 Å². The molecule has 1 aliphatic rings. The highest BCUT2D eigenvalue weighted by Crippen LogP contribution is 2.21. The second-order valence-electron chi connectivity index (χ2n) is 7.13. The highest BCUT2D eigenvalue weighted by molar-refractivity contribution is 7.80. The van der Waals surface area contributed by atoms with Crippen molar-refractivity contribution in [2.75, 3.05) is 0 Å². The van der Waals surface area contributed by atoms with Crippen LogP contribution >= 0.6 is 12.2 Å². The van der Waals surface area contributed by atoms with Crippen LogP contribution in [0.5, 0.6) is 0 Å². The summed E-state index contributed by atoms with van der Waals surface area (Å²) >= 11 is 5.38. The summed E-state index contributed by atoms with van der Waals surface area (Å²) in [6, 6.07) is 4.24. The highest BCUT2D eigenvalue weighted by atomic mass is 32.1. The maximum Gasteiger partial charge on any atom is 0.166 e. The molecule has 4 N–H and O–H groups in total. The predicted molar refractivity (Wildman–Crippen MR) is 84.4 cm³/mol. The van der Waals surface area contributed by atoms with Crippen LogP contribution in [-0.2, 0) is 6.54 Å². The second kappa shape index (κ2) is 5.74. The van der Waals surface area contributed by atoms with E-state index in [4.69, 9.17) is 16.6 Å². The number of nitrogens with one attached hydrogen (secondary N) is 2. The number of nitrogens with two attached hydrogens (primary N) is 1. The molecule has 0 spiro atoms. The topological polar surface area (TPSA) is 53.8 Å². The van der Waals surface area contributed by atoms with Crippen LogP contribution in [0.25, 0.3) is 0 Å². The summed E-state index contributed by atoms with van der Waals surface area (Å²) < 4.78 is 5.29. The minimum Gasteiger partial charge on any atom is -0.467 e. The molecule has 0 atom stereocenters. The lowest BCUT2D eigenvalue weighted by atomic mass is 9.80. The number of hydrogen-bond donors (Lipinski definition) is 3. The zero-order valence-corrected chi connectivity index (χ0v) is 13.6. The molecule has 4 nitrogen and oxygen atoms in total. The Hall–Kier alpha value is -1.07. The molecule has 0 aromatic carbocycles. The van der Waals surface area contributed by atoms with Gasteiger partial charge in [-0.3, -0.25) is 0 Å². The van der Waals surface area contributed by atoms with Gasteiger partial charge in [0.05, 0.1) is 23.9 Å². The maximum atomic E-state index is 5.38. The molecule has 1 aromatic rings. The lowest BCUT2D eigenvalue weighted by molar-refractivity contribution is -0.787. The third-order valence-electron chi connectivity index (χ3n) is 3.66. The molecule has 0 radical (unpaired) electrons. The molecule has 1 fully saturated rings. The molecule has 112 valence electrons. The fourth-order valence-corrected chi connectivity index (χ4v) is 3.68. The Labute approximate surface area is 126 Å². The van der Waals surface area contributed by atoms with Gasteiger partial charge in [-0.25, -0.2) is 0 Å². The highest BCUT2D eigenvalue weighted by Gasteiger charge is 2.41. The number of piperidine rings is 1. The quantitative estimate of drug-likeness (QED) is 0.741. The van der Waals surface area contributed by atoms with Gasteiger partial charge >= 0.3 is 0 Å². The first-order valence-electron chi connectivity index (χ1n) is 7.20. The van der Waals surface area contributed by atoms with Crippen molar-refractivity contribution in [3.8, 4) is 0 Å². The van der Waals surface area contributed by atoms with E-state index in [0.717, 1.165) is 18.6 Å². The predicted octanol–water partition coefficient (Wildman–Crippen LogP) is 1.53. The number of quaternary nitrogens is 1. The minimum atomic E-state index is 0.246. The first-order valence-corrected chi connectivity index (χ1v) is 7.60. The molecular weight excluding hydrogens is 270 g/mol. The summed E-state index contributed by atoms with van der Waals surface area (Å²) in [5, 5.41) is 9.83. The minimum absolute atomic E-state index is 0.246. The molecule has 0 unspecified atom stereocenters. The Balaban J connectivity index is 1.84. The van der Waals surface area contributed by atoms with Crippen molar-refractivity contribution in [1.82, 2.24) is 10.6 Å². The average molecular weight is 296 g/mol. The van der Waals surface area contributed by atoms with Crippen LogP contribution in [0.2, 0.25) is 0 Å². The Bertz CT molecular complexity index is 438. The van der Waals surface area contributed by atoms with Crippen molar-refractivity contribution in [2.45, 2.75) is 64.2 Å². The van der Waals surface area contributed by atoms with Crippen molar-refractivity contribution < 1.29 is 9.73 Å². The molecule has 0 aliphatic carbocycles. The van der Waals surface area contributed by atoms with Gasteiger partial charge < -0.3 is 20.4 Å². The molecule has 1 aromatic heterocycles. The Morgan fingerprint density at radius 3 is 2.55 bits per heavy atom. The molecule has 20 heavy (non-hydrogen) atoms. The van der Waals surface area contributed by atoms with E-state index < -0.39 is 0 Å². The molecule has 0 bridgehead atoms. The van der Waals surface area contributed by atoms with E-state index in [1.165, 1.54) is 0 Å². The first-order chi connectivity index (χ1) is 9.26. The van der Waals surface area contributed by atoms with E-state index in [-0.39, 0.29) is 11.1 Å². The van der Waals surface area contributed by atoms with Crippen molar-refractivity contribution in [1.29, 1.82) is 0 Å². The van der Waals surface area contributed by atoms with Crippen LogP contribution in [-0.4, -0.2) is 22.2 Å². The number of furan rings is 1. The van der Waals surface area contributed by atoms with Gasteiger partial charge in [-0.05, 0) is 52.0 Å². The zero-order chi connectivity index (χ0) is 14.8. The average Bonchev–Trinajstić information content (AvgIpc) is 2.74. The summed E-state index contributed by atoms with van der Waals surface area (Å²) in [5.74, 6) is 0.895. The monoisotopic (exact) mass is 296 g/mol. The van der Waals surface area contributed by atoms with Crippen molar-refractivity contribution in [2.24, 2.45) is 0 Å². The van der Waals surface area contributed by atoms with Gasteiger partial charge in [0.1, 0.15) is 5.76 Å². The van der Waals surface area contributed by atoms with Gasteiger partial charge in [-0.2, -0.15) is 0 Å². The number of rotatable bonds is 3. The lowest BCUT2D eigenvalue weighted by Crippen LogP contribution is -3.06. The van der Waals surface area contributed by atoms with E-state index in [1.807, 2.05) is 12.1 Å². The summed E-state index contributed by atoms with van der Waals surface area (Å²) in [4.78, 5) is 0. The number of hydrogen-bond acceptors (Lipinski definition) is 2. The summed E-state index contributed by atoms with van der Waals surface area (Å²) in [6.07, 6.45) is 3.90. The van der Waals surface area contributed by atoms with E-state index >= 15 is 0 Å². The smallest absolute Gasteiger partial charge is 0.166 e. The Morgan fingerprint density at radius 2 is 2.00 bits per heavy atom. The SMILES string of the molecule is CC1(C)CC(NC(=S)NCc2ccco2)CC(C)(C)[NH2+]1. The lowest BCUT2D eigenvalue weighted by Gasteiger charge is -2.43. The third kappa shape index (κ3) is 4.49. The van der Waals surface area contributed by atoms with E-state index in [9.17, 15) is 0 Å². The Kier molecular flexibility index (Phi) is 4.39. The van der Waals surface area contributed by atoms with Crippen LogP contribution in [0.1, 0.15) is 46.3 Å². The maximum absolute atomic E-state index is 5.38. The van der Waals surface area contributed by atoms with Crippen LogP contribution in [0.15, 0.2) is 22.8 Å². The van der Waals surface area contributed by atoms with Crippen molar-refractivity contribution >= 4 is 17.3 Å². The van der Waals surface area contributed by atoms with Crippen LogP contribution < -0.4 is 16.0 Å². The van der Waals surface area contributed by atoms with Gasteiger partial charge in [0.2, 0.25) is 0 Å². The van der Waals surface area contributed by atoms with Gasteiger partial charge in [0, 0.05) is 18.9 Å². The van der Waals surface area contributed by atoms with E-state index in [0.29, 0.717) is 17.7 Å². The zero-order valence-electron chi connectivity index (χ0n) is 12.8. The molecular formula is C15H26N3OS+. The second-order valence-corrected chi connectivity index (χ2v) is 7.54. The van der Waals surface area contributed by atoms with Crippen LogP contribution in [0.3, 0.4) is 0 Å². The molecule has 0 amide bonds. The normalized spacial score (nSPS) is 21.4. The summed E-state index contributed by atoms with van der Waals surface area (Å²) in [7, 11) is 0. The van der Waals surface area contributed by atoms with Gasteiger partial charge in [0.25, 0.3) is 0 Å². The van der Waals surface area contributed by atoms with Gasteiger partial charge in [-0.1, -0.05) is 0 Å². The third-order valence-corrected chi connectivity index (χ3v) is 3.93. The molecule has 2 rings (SSSR count). The fourth-order valence-electron chi connectivity index (χ4n) is 3.44. The molecule has 0 saturated carbocycles. The largest absolute Gasteiger partial charge is 0.467 e. The summed E-state index contributed by atoms with van der Waals surface area (Å²) in [6.45, 7) is 9.80. The van der Waals surface area contributed by atoms with Crippen LogP contribution in [0.4, 0.5) is 0 Å². The van der Waals surface area contributed by atoms with E-state index in [1.54, 1.807) is 6.26 Å². The van der Waals surface area contributed by atoms with Crippen molar-refractivity contribution in [3.05, 3.63) is 24.2 Å².